The maximum absolute atomic E-state index is 5.69. The Morgan fingerprint density at radius 2 is 0.591 bits per heavy atom. The molecule has 3 aromatic heterocycles. The van der Waals surface area contributed by atoms with Gasteiger partial charge in [-0.25, -0.2) is 29.9 Å². The van der Waals surface area contributed by atoms with Crippen LogP contribution in [0.15, 0.2) is 267 Å². The van der Waals surface area contributed by atoms with Crippen molar-refractivity contribution in [1.29, 1.82) is 0 Å². The fourth-order valence-electron chi connectivity index (χ4n) is 11.7. The van der Waals surface area contributed by atoms with Crippen LogP contribution >= 0.6 is 0 Å². The van der Waals surface area contributed by atoms with Crippen molar-refractivity contribution in [3.63, 3.8) is 0 Å². The fourth-order valence-corrected chi connectivity index (χ4v) is 11.7. The quantitative estimate of drug-likeness (QED) is 0.0874. The van der Waals surface area contributed by atoms with Crippen molar-refractivity contribution in [3.8, 4) is 102 Å². The molecule has 14 rings (SSSR count). The molecule has 1 aliphatic rings. The molecule has 0 unspecified atom stereocenters. The molecule has 424 valence electrons. The SMILES string of the molecule is CCCCc1cc(CCCC)cc(-c2cc(-c3nc(-c4ccccc4)nc(-c4ccccc4)n3)cc(-c3nc(-c4ccccc4)cc(-c4ccccc4)n3)c2N2c3ccccc3N(c3nc(-c4ccccc4)nc(-c4ccccc4)n3)c3ccccc32)c1. The molecule has 0 N–H and O–H groups in total. The number of hydrogen-bond acceptors (Lipinski definition) is 10. The Morgan fingerprint density at radius 1 is 0.261 bits per heavy atom. The van der Waals surface area contributed by atoms with Gasteiger partial charge in [-0.05, 0) is 84.8 Å². The van der Waals surface area contributed by atoms with Crippen molar-refractivity contribution in [1.82, 2.24) is 39.9 Å². The summed E-state index contributed by atoms with van der Waals surface area (Å²) in [6.45, 7) is 4.53. The molecular weight excluding hydrogens is 1080 g/mol. The monoisotopic (exact) mass is 1140 g/mol. The predicted octanol–water partition coefficient (Wildman–Crippen LogP) is 19.8. The first kappa shape index (κ1) is 54.8. The lowest BCUT2D eigenvalue weighted by Crippen LogP contribution is -2.26. The number of unbranched alkanes of at least 4 members (excludes halogenated alkanes) is 2. The first-order valence-electron chi connectivity index (χ1n) is 30.4. The van der Waals surface area contributed by atoms with E-state index < -0.39 is 0 Å². The van der Waals surface area contributed by atoms with Crippen LogP contribution in [0.5, 0.6) is 0 Å². The van der Waals surface area contributed by atoms with Gasteiger partial charge in [-0.15, -0.1) is 0 Å². The van der Waals surface area contributed by atoms with Crippen LogP contribution < -0.4 is 9.80 Å². The molecule has 10 nitrogen and oxygen atoms in total. The Labute approximate surface area is 513 Å². The molecular formula is C78H62N10. The highest BCUT2D eigenvalue weighted by Gasteiger charge is 2.36. The molecule has 0 bridgehead atoms. The third-order valence-corrected chi connectivity index (χ3v) is 16.0. The summed E-state index contributed by atoms with van der Waals surface area (Å²) in [5, 5.41) is 0. The van der Waals surface area contributed by atoms with Gasteiger partial charge in [0.25, 0.3) is 0 Å². The van der Waals surface area contributed by atoms with Crippen molar-refractivity contribution >= 4 is 34.4 Å². The van der Waals surface area contributed by atoms with Crippen molar-refractivity contribution in [3.05, 3.63) is 278 Å². The number of nitrogens with zero attached hydrogens (tertiary/aromatic N) is 10. The Kier molecular flexibility index (Phi) is 15.5. The maximum atomic E-state index is 5.69. The van der Waals surface area contributed by atoms with Gasteiger partial charge in [0.05, 0.1) is 39.8 Å². The van der Waals surface area contributed by atoms with Crippen molar-refractivity contribution in [2.24, 2.45) is 0 Å². The zero-order valence-corrected chi connectivity index (χ0v) is 49.1. The van der Waals surface area contributed by atoms with Crippen LogP contribution in [0.25, 0.3) is 102 Å². The van der Waals surface area contributed by atoms with Crippen LogP contribution in [-0.4, -0.2) is 39.9 Å². The second kappa shape index (κ2) is 24.8. The molecule has 88 heavy (non-hydrogen) atoms. The summed E-state index contributed by atoms with van der Waals surface area (Å²) in [5.41, 5.74) is 17.6. The van der Waals surface area contributed by atoms with E-state index in [1.807, 2.05) is 109 Å². The summed E-state index contributed by atoms with van der Waals surface area (Å²) in [4.78, 5) is 47.9. The summed E-state index contributed by atoms with van der Waals surface area (Å²) in [6.07, 6.45) is 6.14. The summed E-state index contributed by atoms with van der Waals surface area (Å²) >= 11 is 0. The zero-order chi connectivity index (χ0) is 59.2. The minimum absolute atomic E-state index is 0.483. The van der Waals surface area contributed by atoms with E-state index in [4.69, 9.17) is 39.9 Å². The van der Waals surface area contributed by atoms with Crippen LogP contribution in [0.3, 0.4) is 0 Å². The van der Waals surface area contributed by atoms with Gasteiger partial charge < -0.3 is 4.90 Å². The van der Waals surface area contributed by atoms with Crippen molar-refractivity contribution in [2.45, 2.75) is 52.4 Å². The van der Waals surface area contributed by atoms with Crippen molar-refractivity contribution < 1.29 is 0 Å². The van der Waals surface area contributed by atoms with Gasteiger partial charge in [0.2, 0.25) is 5.95 Å². The summed E-state index contributed by atoms with van der Waals surface area (Å²) in [7, 11) is 0. The predicted molar refractivity (Wildman–Crippen MR) is 358 cm³/mol. The molecule has 0 atom stereocenters. The smallest absolute Gasteiger partial charge is 0.238 e. The summed E-state index contributed by atoms with van der Waals surface area (Å²) < 4.78 is 0. The van der Waals surface area contributed by atoms with Gasteiger partial charge in [-0.1, -0.05) is 251 Å². The Balaban J connectivity index is 1.10. The van der Waals surface area contributed by atoms with Crippen LogP contribution in [0.2, 0.25) is 0 Å². The molecule has 10 heteroatoms. The van der Waals surface area contributed by atoms with Gasteiger partial charge in [-0.2, -0.15) is 9.97 Å². The minimum atomic E-state index is 0.483. The highest BCUT2D eigenvalue weighted by Crippen LogP contribution is 2.58. The minimum Gasteiger partial charge on any atom is -0.305 e. The third kappa shape index (κ3) is 11.2. The number of aryl methyl sites for hydroxylation is 2. The van der Waals surface area contributed by atoms with E-state index in [2.05, 4.69) is 181 Å². The van der Waals surface area contributed by atoms with Crippen LogP contribution in [-0.2, 0) is 12.8 Å². The van der Waals surface area contributed by atoms with Crippen molar-refractivity contribution in [2.75, 3.05) is 9.80 Å². The Hall–Kier alpha value is -11.1. The standard InChI is InChI=1S/C78H62N10/c1-3-5-29-53-47-54(30-6-4-2)49-61(48-53)63-50-62(76-82-72(57-35-17-9-18-36-57)81-73(83-76)58-37-19-10-20-38-58)51-64(77-79-65(55-31-13-7-14-32-55)52-66(80-77)56-33-15-8-16-34-56)71(63)87-67-43-25-27-45-69(67)88(70-46-28-26-44-68(70)87)78-85-74(59-39-21-11-22-40-59)84-75(86-78)60-41-23-12-24-42-60/h7-28,31-52H,3-6,29-30H2,1-2H3. The molecule has 0 aliphatic carbocycles. The second-order valence-corrected chi connectivity index (χ2v) is 22.1. The third-order valence-electron chi connectivity index (χ3n) is 16.0. The van der Waals surface area contributed by atoms with E-state index in [-0.39, 0.29) is 0 Å². The Morgan fingerprint density at radius 3 is 0.977 bits per heavy atom. The molecule has 13 aromatic rings. The number of hydrogen-bond donors (Lipinski definition) is 0. The van der Waals surface area contributed by atoms with Crippen LogP contribution in [0, 0.1) is 0 Å². The average Bonchev–Trinajstić information content (AvgIpc) is 0.796. The average molecular weight is 1140 g/mol. The zero-order valence-electron chi connectivity index (χ0n) is 49.1. The molecule has 0 saturated heterocycles. The normalized spacial score (nSPS) is 11.8. The van der Waals surface area contributed by atoms with Gasteiger partial charge in [-0.3, -0.25) is 4.90 Å². The fraction of sp³-hybridized carbons (Fsp3) is 0.103. The first-order chi connectivity index (χ1) is 43.5. The van der Waals surface area contributed by atoms with E-state index in [9.17, 15) is 0 Å². The van der Waals surface area contributed by atoms with Gasteiger partial charge in [0, 0.05) is 50.1 Å². The molecule has 0 saturated carbocycles. The molecule has 0 spiro atoms. The Bertz CT molecular complexity index is 4340. The summed E-state index contributed by atoms with van der Waals surface area (Å²) in [6, 6.07) is 92.4. The van der Waals surface area contributed by atoms with Crippen LogP contribution in [0.4, 0.5) is 34.4 Å². The van der Waals surface area contributed by atoms with Gasteiger partial charge in [0.1, 0.15) is 0 Å². The topological polar surface area (TPSA) is 110 Å². The lowest BCUT2D eigenvalue weighted by molar-refractivity contribution is 0.781. The number of fused-ring (bicyclic) bond motifs is 2. The van der Waals surface area contributed by atoms with Crippen LogP contribution in [0.1, 0.15) is 50.7 Å². The van der Waals surface area contributed by atoms with E-state index in [0.717, 1.165) is 134 Å². The van der Waals surface area contributed by atoms with E-state index in [1.165, 1.54) is 11.1 Å². The van der Waals surface area contributed by atoms with E-state index >= 15 is 0 Å². The lowest BCUT2D eigenvalue weighted by atomic mass is 9.90. The van der Waals surface area contributed by atoms with Gasteiger partial charge in [0.15, 0.2) is 34.9 Å². The molecule has 1 aliphatic heterocycles. The maximum Gasteiger partial charge on any atom is 0.238 e. The van der Waals surface area contributed by atoms with E-state index in [0.29, 0.717) is 40.9 Å². The number of rotatable bonds is 17. The number of anilines is 6. The molecule has 0 radical (unpaired) electrons. The number of aromatic nitrogens is 8. The lowest BCUT2D eigenvalue weighted by Gasteiger charge is -2.40. The molecule has 4 heterocycles. The highest BCUT2D eigenvalue weighted by molar-refractivity contribution is 6.07. The second-order valence-electron chi connectivity index (χ2n) is 22.1. The van der Waals surface area contributed by atoms with E-state index in [1.54, 1.807) is 0 Å². The number of benzene rings is 10. The number of para-hydroxylation sites is 4. The van der Waals surface area contributed by atoms with Gasteiger partial charge >= 0.3 is 0 Å². The summed E-state index contributed by atoms with van der Waals surface area (Å²) in [5.74, 6) is 3.80. The molecule has 0 amide bonds. The largest absolute Gasteiger partial charge is 0.305 e. The highest BCUT2D eigenvalue weighted by atomic mass is 15.3. The first-order valence-corrected chi connectivity index (χ1v) is 30.4. The molecule has 0 fully saturated rings. The molecule has 10 aromatic carbocycles.